The number of hydrogen-bond donors (Lipinski definition) is 0. The molecule has 24 aromatic carbocycles. The molecule has 28 aromatic rings. The van der Waals surface area contributed by atoms with Crippen molar-refractivity contribution in [3.8, 4) is 78.1 Å². The van der Waals surface area contributed by atoms with Gasteiger partial charge in [-0.05, 0) is 312 Å². The van der Waals surface area contributed by atoms with E-state index in [1.165, 1.54) is 175 Å². The predicted molar refractivity (Wildman–Crippen MR) is 595 cm³/mol. The first kappa shape index (κ1) is 81.0. The van der Waals surface area contributed by atoms with Crippen molar-refractivity contribution in [3.05, 3.63) is 509 Å². The zero-order chi connectivity index (χ0) is 93.1. The SMILES string of the molecule is CC1(C)c2ccccc2-c2ccc(-c3ccc4c(c3)c3cc(-c5ccc(N(c6ccc(-c7ccc8c9ccccc9c9ccccc9c8c7)cc6)c6ccc7oc8ccccc8c7c6)cc5)ccc3n4-c3ccccc3)cc21.c1ccc(-n2c3ccccc3c3cc(-c4ccc(N(c5ccc(-c6ccc7c8ccccc8c8ccccc8c7c6)cc5)c5cccc6c5oc5ccccc56)cc4)ccc32)cc1. The van der Waals surface area contributed by atoms with Gasteiger partial charge in [0.05, 0.1) is 27.8 Å². The van der Waals surface area contributed by atoms with Gasteiger partial charge in [-0.15, -0.1) is 0 Å². The molecular formula is C135H88N4O2. The monoisotopic (exact) mass is 1800 g/mol. The fraction of sp³-hybridized carbons (Fsp3) is 0.0222. The molecule has 6 heteroatoms. The third kappa shape index (κ3) is 13.2. The van der Waals surface area contributed by atoms with Crippen LogP contribution in [-0.2, 0) is 5.41 Å². The number of hydrogen-bond acceptors (Lipinski definition) is 4. The van der Waals surface area contributed by atoms with E-state index in [-0.39, 0.29) is 5.41 Å². The first-order chi connectivity index (χ1) is 69.7. The Kier molecular flexibility index (Phi) is 18.6. The number of aromatic nitrogens is 2. The van der Waals surface area contributed by atoms with Gasteiger partial charge in [-0.25, -0.2) is 0 Å². The molecule has 0 fully saturated rings. The number of rotatable bonds is 13. The van der Waals surface area contributed by atoms with Crippen LogP contribution in [0.3, 0.4) is 0 Å². The smallest absolute Gasteiger partial charge is 0.159 e. The summed E-state index contributed by atoms with van der Waals surface area (Å²) in [6.45, 7) is 4.72. The first-order valence-corrected chi connectivity index (χ1v) is 48.6. The van der Waals surface area contributed by atoms with Gasteiger partial charge >= 0.3 is 0 Å². The van der Waals surface area contributed by atoms with Gasteiger partial charge < -0.3 is 27.8 Å². The molecule has 6 nitrogen and oxygen atoms in total. The fourth-order valence-corrected chi connectivity index (χ4v) is 23.2. The molecule has 0 saturated heterocycles. The second-order valence-corrected chi connectivity index (χ2v) is 38.1. The minimum Gasteiger partial charge on any atom is -0.456 e. The van der Waals surface area contributed by atoms with Gasteiger partial charge in [0, 0.05) is 88.3 Å². The van der Waals surface area contributed by atoms with Gasteiger partial charge in [0.1, 0.15) is 16.7 Å². The average molecular weight is 1800 g/mol. The largest absolute Gasteiger partial charge is 0.456 e. The summed E-state index contributed by atoms with van der Waals surface area (Å²) >= 11 is 0. The minimum absolute atomic E-state index is 0.0742. The quantitative estimate of drug-likeness (QED) is 0.108. The number of para-hydroxylation sites is 6. The van der Waals surface area contributed by atoms with Crippen molar-refractivity contribution in [1.82, 2.24) is 9.13 Å². The highest BCUT2D eigenvalue weighted by atomic mass is 16.3. The summed E-state index contributed by atoms with van der Waals surface area (Å²) in [4.78, 5) is 4.70. The summed E-state index contributed by atoms with van der Waals surface area (Å²) in [5, 5.41) is 24.7. The molecule has 29 rings (SSSR count). The van der Waals surface area contributed by atoms with Crippen LogP contribution in [-0.4, -0.2) is 9.13 Å². The van der Waals surface area contributed by atoms with Gasteiger partial charge in [-0.1, -0.05) is 341 Å². The Morgan fingerprint density at radius 1 is 0.177 bits per heavy atom. The Hall–Kier alpha value is -18.4. The number of benzene rings is 24. The van der Waals surface area contributed by atoms with Crippen LogP contribution in [0.1, 0.15) is 25.0 Å². The van der Waals surface area contributed by atoms with Gasteiger partial charge in [-0.2, -0.15) is 0 Å². The highest BCUT2D eigenvalue weighted by Gasteiger charge is 2.36. The molecule has 1 aliphatic carbocycles. The lowest BCUT2D eigenvalue weighted by molar-refractivity contribution is 0.660. The third-order valence-electron chi connectivity index (χ3n) is 29.9. The Balaban J connectivity index is 0.000000141. The van der Waals surface area contributed by atoms with E-state index in [9.17, 15) is 0 Å². The summed E-state index contributed by atoms with van der Waals surface area (Å²) in [7, 11) is 0. The summed E-state index contributed by atoms with van der Waals surface area (Å²) in [6.07, 6.45) is 0. The van der Waals surface area contributed by atoms with Crippen LogP contribution in [0.15, 0.2) is 506 Å². The zero-order valence-electron chi connectivity index (χ0n) is 77.4. The van der Waals surface area contributed by atoms with Crippen LogP contribution < -0.4 is 9.80 Å². The first-order valence-electron chi connectivity index (χ1n) is 48.6. The second-order valence-electron chi connectivity index (χ2n) is 38.1. The van der Waals surface area contributed by atoms with Crippen molar-refractivity contribution in [3.63, 3.8) is 0 Å². The lowest BCUT2D eigenvalue weighted by Gasteiger charge is -2.26. The van der Waals surface area contributed by atoms with Gasteiger partial charge in [0.25, 0.3) is 0 Å². The standard InChI is InChI=1S/C75H50N2O.C60H38N2O/c1-75(2)69-22-12-10-20-62(69)63-38-29-52(45-70(63)75)51-31-40-72-67(44-51)66-43-50(30-39-71(66)77(72)53-14-4-3-5-15-53)48-26-34-55(35-27-48)76(56-36-41-74-68(46-56)64-21-11-13-23-73(64)78-74)54-32-24-47(25-33-54)49-28-37-61-59-18-7-6-16-57(59)58-17-8-9-19-60(58)65(61)42-49;1-2-13-43(14-3-1)62-56-22-10-8-19-51(56)55-38-42(30-36-57(55)62)40-27-33-45(34-28-40)61(58-23-12-21-53-52-20-9-11-24-59(52)63-60(53)58)44-31-25-39(26-32-44)41-29-35-50-48-17-5-4-15-46(48)47-16-6-7-18-49(47)54(50)37-41/h3-46H,1-2H3;1-38H. The van der Waals surface area contributed by atoms with Crippen molar-refractivity contribution in [1.29, 1.82) is 0 Å². The van der Waals surface area contributed by atoms with Crippen molar-refractivity contribution in [2.24, 2.45) is 0 Å². The van der Waals surface area contributed by atoms with Crippen molar-refractivity contribution in [2.75, 3.05) is 9.80 Å². The summed E-state index contributed by atoms with van der Waals surface area (Å²) in [6, 6.07) is 182. The number of anilines is 6. The number of fused-ring (bicyclic) bond motifs is 27. The van der Waals surface area contributed by atoms with Crippen LogP contribution >= 0.6 is 0 Å². The lowest BCUT2D eigenvalue weighted by atomic mass is 9.81. The molecule has 0 unspecified atom stereocenters. The van der Waals surface area contributed by atoms with E-state index in [4.69, 9.17) is 8.83 Å². The molecule has 0 bridgehead atoms. The molecule has 0 aliphatic heterocycles. The molecule has 0 saturated carbocycles. The molecule has 4 aromatic heterocycles. The number of nitrogens with zero attached hydrogens (tertiary/aromatic N) is 4. The highest BCUT2D eigenvalue weighted by Crippen LogP contribution is 2.53. The Morgan fingerprint density at radius 3 is 0.972 bits per heavy atom. The molecule has 141 heavy (non-hydrogen) atoms. The Labute approximate surface area is 814 Å². The van der Waals surface area contributed by atoms with Gasteiger partial charge in [-0.3, -0.25) is 0 Å². The Bertz CT molecular complexity index is 9890. The van der Waals surface area contributed by atoms with E-state index in [0.29, 0.717) is 0 Å². The highest BCUT2D eigenvalue weighted by molar-refractivity contribution is 6.28. The van der Waals surface area contributed by atoms with E-state index >= 15 is 0 Å². The van der Waals surface area contributed by atoms with Crippen LogP contribution in [0.2, 0.25) is 0 Å². The summed E-state index contributed by atoms with van der Waals surface area (Å²) in [5.74, 6) is 0. The summed E-state index contributed by atoms with van der Waals surface area (Å²) < 4.78 is 17.8. The topological polar surface area (TPSA) is 42.6 Å². The molecule has 0 atom stereocenters. The van der Waals surface area contributed by atoms with Crippen LogP contribution in [0.4, 0.5) is 34.1 Å². The van der Waals surface area contributed by atoms with Crippen molar-refractivity contribution >= 4 is 186 Å². The maximum Gasteiger partial charge on any atom is 0.159 e. The maximum absolute atomic E-state index is 6.67. The van der Waals surface area contributed by atoms with Gasteiger partial charge in [0.2, 0.25) is 0 Å². The molecule has 660 valence electrons. The molecule has 0 radical (unpaired) electrons. The second kappa shape index (κ2) is 32.4. The molecule has 0 N–H and O–H groups in total. The van der Waals surface area contributed by atoms with Gasteiger partial charge in [0.15, 0.2) is 5.58 Å². The van der Waals surface area contributed by atoms with E-state index in [1.807, 2.05) is 18.2 Å². The molecular weight excluding hydrogens is 1710 g/mol. The molecule has 1 aliphatic rings. The molecule has 0 amide bonds. The predicted octanol–water partition coefficient (Wildman–Crippen LogP) is 37.9. The van der Waals surface area contributed by atoms with Crippen LogP contribution in [0, 0.1) is 0 Å². The summed E-state index contributed by atoms with van der Waals surface area (Å²) in [5.41, 5.74) is 34.1. The van der Waals surface area contributed by atoms with Crippen LogP contribution in [0.5, 0.6) is 0 Å². The Morgan fingerprint density at radius 2 is 0.489 bits per heavy atom. The molecule has 0 spiro atoms. The minimum atomic E-state index is -0.0742. The average Bonchev–Trinajstić information content (AvgIpc) is 1.04. The van der Waals surface area contributed by atoms with E-state index in [1.54, 1.807) is 0 Å². The van der Waals surface area contributed by atoms with Crippen molar-refractivity contribution < 1.29 is 8.83 Å². The van der Waals surface area contributed by atoms with Crippen LogP contribution in [0.25, 0.3) is 230 Å². The van der Waals surface area contributed by atoms with E-state index in [2.05, 4.69) is 512 Å². The lowest BCUT2D eigenvalue weighted by Crippen LogP contribution is -2.14. The fourth-order valence-electron chi connectivity index (χ4n) is 23.2. The third-order valence-corrected chi connectivity index (χ3v) is 29.9. The number of furan rings is 2. The van der Waals surface area contributed by atoms with E-state index < -0.39 is 0 Å². The van der Waals surface area contributed by atoms with Crippen molar-refractivity contribution in [2.45, 2.75) is 19.3 Å². The molecule has 4 heterocycles. The zero-order valence-corrected chi connectivity index (χ0v) is 77.4. The maximum atomic E-state index is 6.67. The normalized spacial score (nSPS) is 12.4. The van der Waals surface area contributed by atoms with E-state index in [0.717, 1.165) is 101 Å².